The van der Waals surface area contributed by atoms with Crippen molar-refractivity contribution < 1.29 is 75.8 Å². The maximum Gasteiger partial charge on any atom is 4.00 e. The van der Waals surface area contributed by atoms with E-state index in [1.54, 1.807) is 5.57 Å². The third-order valence-electron chi connectivity index (χ3n) is 6.48. The topological polar surface area (TPSA) is 0 Å². The molecule has 0 nitrogen and oxygen atoms in total. The van der Waals surface area contributed by atoms with E-state index in [1.807, 2.05) is 5.31 Å². The molecule has 3 aliphatic rings. The van der Waals surface area contributed by atoms with Gasteiger partial charge in [-0.1, -0.05) is 90.2 Å². The van der Waals surface area contributed by atoms with Gasteiger partial charge in [0.05, 0.1) is 0 Å². The summed E-state index contributed by atoms with van der Waals surface area (Å²) in [7, 11) is 0.0900. The fourth-order valence-electron chi connectivity index (χ4n) is 5.33. The molecular weight excluding hydrogens is 540 g/mol. The molecule has 0 atom stereocenters. The standard InChI is InChI=1S/C23H37P.4ClH.Zr/c1-3-22(19-13-11-12-14-19)23(4-2)24(20-15-7-5-8-16-20)21-17-9-6-10-18-21;;;;;/h11-14,19-21H,3-10,15-18H2,1-2H3;4*1H;/q;;;;;+4/p-4. The van der Waals surface area contributed by atoms with Gasteiger partial charge in [-0.2, -0.15) is 0 Å². The van der Waals surface area contributed by atoms with Gasteiger partial charge in [0.2, 0.25) is 0 Å². The maximum atomic E-state index is 2.45. The number of allylic oxidation sites excluding steroid dienone is 6. The Morgan fingerprint density at radius 3 is 1.45 bits per heavy atom. The first kappa shape index (κ1) is 35.3. The van der Waals surface area contributed by atoms with Crippen LogP contribution in [0.4, 0.5) is 0 Å². The van der Waals surface area contributed by atoms with Gasteiger partial charge >= 0.3 is 26.2 Å². The van der Waals surface area contributed by atoms with Crippen molar-refractivity contribution in [1.29, 1.82) is 0 Å². The van der Waals surface area contributed by atoms with Gasteiger partial charge in [-0.25, -0.2) is 0 Å². The van der Waals surface area contributed by atoms with E-state index in [9.17, 15) is 0 Å². The minimum atomic E-state index is 0. The molecule has 166 valence electrons. The molecular formula is C23H37Cl4PZr. The molecule has 0 spiro atoms. The fraction of sp³-hybridized carbons (Fsp3) is 0.739. The monoisotopic (exact) mass is 574 g/mol. The zero-order valence-electron chi connectivity index (χ0n) is 18.0. The molecule has 3 rings (SSSR count). The molecule has 6 heteroatoms. The molecule has 2 fully saturated rings. The average Bonchev–Trinajstić information content (AvgIpc) is 3.17. The molecule has 0 unspecified atom stereocenters. The van der Waals surface area contributed by atoms with Crippen LogP contribution in [0.3, 0.4) is 0 Å². The number of hydrogen-bond donors (Lipinski definition) is 0. The summed E-state index contributed by atoms with van der Waals surface area (Å²) in [6, 6.07) is 0. The van der Waals surface area contributed by atoms with Crippen LogP contribution in [-0.4, -0.2) is 11.3 Å². The van der Waals surface area contributed by atoms with Crippen molar-refractivity contribution in [3.63, 3.8) is 0 Å². The molecule has 0 aromatic heterocycles. The molecule has 0 aliphatic heterocycles. The van der Waals surface area contributed by atoms with E-state index in [2.05, 4.69) is 38.2 Å². The molecule has 0 bridgehead atoms. The molecule has 0 N–H and O–H groups in total. The van der Waals surface area contributed by atoms with Gasteiger partial charge in [0.1, 0.15) is 0 Å². The summed E-state index contributed by atoms with van der Waals surface area (Å²) < 4.78 is 0. The second-order valence-corrected chi connectivity index (χ2v) is 10.8. The van der Waals surface area contributed by atoms with Crippen molar-refractivity contribution >= 4 is 7.92 Å². The predicted molar refractivity (Wildman–Crippen MR) is 110 cm³/mol. The molecule has 0 saturated heterocycles. The Balaban J connectivity index is -0.00000135. The summed E-state index contributed by atoms with van der Waals surface area (Å²) in [6.45, 7) is 4.86. The van der Waals surface area contributed by atoms with Crippen molar-refractivity contribution in [2.75, 3.05) is 0 Å². The Morgan fingerprint density at radius 2 is 1.10 bits per heavy atom. The van der Waals surface area contributed by atoms with E-state index in [0.717, 1.165) is 11.3 Å². The van der Waals surface area contributed by atoms with Gasteiger partial charge in [0.15, 0.2) is 0 Å². The van der Waals surface area contributed by atoms with E-state index in [1.165, 1.54) is 77.0 Å². The normalized spacial score (nSPS) is 20.5. The fourth-order valence-corrected chi connectivity index (χ4v) is 9.65. The first-order chi connectivity index (χ1) is 11.8. The van der Waals surface area contributed by atoms with Gasteiger partial charge in [-0.15, -0.1) is 0 Å². The first-order valence-corrected chi connectivity index (χ1v) is 12.2. The van der Waals surface area contributed by atoms with Crippen LogP contribution >= 0.6 is 7.92 Å². The largest absolute Gasteiger partial charge is 4.00 e. The molecule has 0 amide bonds. The van der Waals surface area contributed by atoms with E-state index in [4.69, 9.17) is 0 Å². The summed E-state index contributed by atoms with van der Waals surface area (Å²) in [4.78, 5) is 0. The molecule has 2 saturated carbocycles. The molecule has 3 aliphatic carbocycles. The third kappa shape index (κ3) is 9.60. The number of rotatable bonds is 6. The smallest absolute Gasteiger partial charge is 1.00 e. The van der Waals surface area contributed by atoms with Gasteiger partial charge in [-0.3, -0.25) is 0 Å². The molecule has 29 heavy (non-hydrogen) atoms. The van der Waals surface area contributed by atoms with Crippen LogP contribution in [0.25, 0.3) is 0 Å². The number of halogens is 4. The van der Waals surface area contributed by atoms with Crippen molar-refractivity contribution in [2.24, 2.45) is 5.92 Å². The summed E-state index contributed by atoms with van der Waals surface area (Å²) in [6.07, 6.45) is 27.0. The molecule has 0 aromatic rings. The van der Waals surface area contributed by atoms with E-state index in [-0.39, 0.29) is 83.8 Å². The number of hydrogen-bond acceptors (Lipinski definition) is 0. The Hall–Kier alpha value is 1.69. The third-order valence-corrected chi connectivity index (χ3v) is 10.3. The van der Waals surface area contributed by atoms with E-state index in [0.29, 0.717) is 5.92 Å². The van der Waals surface area contributed by atoms with Crippen molar-refractivity contribution in [3.8, 4) is 0 Å². The van der Waals surface area contributed by atoms with Crippen LogP contribution in [0.1, 0.15) is 90.9 Å². The summed E-state index contributed by atoms with van der Waals surface area (Å²) in [5.41, 5.74) is 3.88. The predicted octanol–water partition coefficient (Wildman–Crippen LogP) is -4.04. The minimum Gasteiger partial charge on any atom is -1.00 e. The summed E-state index contributed by atoms with van der Waals surface area (Å²) >= 11 is 0. The molecule has 0 heterocycles. The average molecular weight is 578 g/mol. The Morgan fingerprint density at radius 1 is 0.690 bits per heavy atom. The van der Waals surface area contributed by atoms with Crippen molar-refractivity contribution in [2.45, 2.75) is 102 Å². The maximum absolute atomic E-state index is 2.45. The SMILES string of the molecule is CCC(=C(CC)P(C1CCCCC1)C1CCCCC1)C1C=CC=C1.[Cl-].[Cl-].[Cl-].[Cl-].[Zr+4]. The second kappa shape index (κ2) is 19.2. The Kier molecular flexibility index (Phi) is 23.3. The van der Waals surface area contributed by atoms with E-state index < -0.39 is 0 Å². The van der Waals surface area contributed by atoms with Crippen LogP contribution in [0.5, 0.6) is 0 Å². The quantitative estimate of drug-likeness (QED) is 0.283. The Labute approximate surface area is 225 Å². The first-order valence-electron chi connectivity index (χ1n) is 10.7. The minimum absolute atomic E-state index is 0. The summed E-state index contributed by atoms with van der Waals surface area (Å²) in [5, 5.41) is 1.94. The summed E-state index contributed by atoms with van der Waals surface area (Å²) in [5.74, 6) is 0.613. The van der Waals surface area contributed by atoms with Gasteiger partial charge in [0.25, 0.3) is 0 Å². The van der Waals surface area contributed by atoms with Gasteiger partial charge in [-0.05, 0) is 55.2 Å². The second-order valence-electron chi connectivity index (χ2n) is 7.97. The van der Waals surface area contributed by atoms with Crippen molar-refractivity contribution in [1.82, 2.24) is 0 Å². The Bertz CT molecular complexity index is 465. The van der Waals surface area contributed by atoms with Crippen molar-refractivity contribution in [3.05, 3.63) is 35.2 Å². The van der Waals surface area contributed by atoms with Crippen LogP contribution in [0, 0.1) is 5.92 Å². The van der Waals surface area contributed by atoms with Crippen LogP contribution in [-0.2, 0) is 26.2 Å². The zero-order chi connectivity index (χ0) is 16.8. The molecule has 0 radical (unpaired) electrons. The van der Waals surface area contributed by atoms with Crippen LogP contribution in [0.2, 0.25) is 0 Å². The van der Waals surface area contributed by atoms with Gasteiger partial charge in [0, 0.05) is 5.92 Å². The molecule has 0 aromatic carbocycles. The zero-order valence-corrected chi connectivity index (χ0v) is 24.4. The van der Waals surface area contributed by atoms with Crippen LogP contribution < -0.4 is 49.6 Å². The van der Waals surface area contributed by atoms with E-state index >= 15 is 0 Å². The van der Waals surface area contributed by atoms with Gasteiger partial charge < -0.3 is 49.6 Å². The van der Waals surface area contributed by atoms with Crippen LogP contribution in [0.15, 0.2) is 35.2 Å².